The highest BCUT2D eigenvalue weighted by Gasteiger charge is 2.15. The van der Waals surface area contributed by atoms with Crippen molar-refractivity contribution >= 4 is 49.0 Å². The molecule has 2 aromatic carbocycles. The number of fused-ring (bicyclic) bond motifs is 10. The molecular weight excluding hydrogens is 306 g/mol. The van der Waals surface area contributed by atoms with E-state index in [1.54, 1.807) is 0 Å². The highest BCUT2D eigenvalue weighted by Crippen LogP contribution is 2.36. The van der Waals surface area contributed by atoms with Crippen LogP contribution < -0.4 is 0 Å². The second kappa shape index (κ2) is 4.54. The van der Waals surface area contributed by atoms with Crippen molar-refractivity contribution in [2.45, 2.75) is 0 Å². The van der Waals surface area contributed by atoms with Crippen LogP contribution in [0.4, 0.5) is 0 Å². The summed E-state index contributed by atoms with van der Waals surface area (Å²) in [4.78, 5) is 9.56. The monoisotopic (exact) mass is 319 g/mol. The molecule has 0 aliphatic heterocycles. The first kappa shape index (κ1) is 12.9. The van der Waals surface area contributed by atoms with Crippen molar-refractivity contribution in [1.29, 1.82) is 0 Å². The van der Waals surface area contributed by atoms with Crippen LogP contribution in [0.15, 0.2) is 79.3 Å². The fourth-order valence-electron chi connectivity index (χ4n) is 3.97. The molecule has 4 aromatic heterocycles. The average Bonchev–Trinajstić information content (AvgIpc) is 3.07. The summed E-state index contributed by atoms with van der Waals surface area (Å²) in [7, 11) is 0. The lowest BCUT2D eigenvalue weighted by molar-refractivity contribution is 1.21. The molecule has 0 atom stereocenters. The number of aromatic nitrogens is 3. The third kappa shape index (κ3) is 1.59. The number of pyridine rings is 3. The van der Waals surface area contributed by atoms with Crippen LogP contribution in [-0.2, 0) is 0 Å². The van der Waals surface area contributed by atoms with Gasteiger partial charge in [0.25, 0.3) is 0 Å². The number of hydrogen-bond acceptors (Lipinski definition) is 2. The predicted molar refractivity (Wildman–Crippen MR) is 103 cm³/mol. The molecule has 0 saturated carbocycles. The van der Waals surface area contributed by atoms with Crippen LogP contribution in [0.25, 0.3) is 49.0 Å². The molecule has 0 aliphatic carbocycles. The summed E-state index contributed by atoms with van der Waals surface area (Å²) < 4.78 is 2.18. The van der Waals surface area contributed by atoms with Gasteiger partial charge in [0.15, 0.2) is 0 Å². The zero-order valence-electron chi connectivity index (χ0n) is 13.3. The number of hydrogen-bond donors (Lipinski definition) is 0. The second-order valence-electron chi connectivity index (χ2n) is 6.38. The third-order valence-corrected chi connectivity index (χ3v) is 5.03. The van der Waals surface area contributed by atoms with Gasteiger partial charge < -0.3 is 0 Å². The molecule has 0 spiro atoms. The molecule has 0 amide bonds. The molecule has 0 N–H and O–H groups in total. The molecule has 0 aliphatic rings. The van der Waals surface area contributed by atoms with E-state index in [4.69, 9.17) is 9.97 Å². The van der Waals surface area contributed by atoms with E-state index in [0.717, 1.165) is 27.5 Å². The summed E-state index contributed by atoms with van der Waals surface area (Å²) in [5.41, 5.74) is 3.13. The number of nitrogens with zero attached hydrogens (tertiary/aromatic N) is 3. The Labute approximate surface area is 143 Å². The second-order valence-corrected chi connectivity index (χ2v) is 6.38. The van der Waals surface area contributed by atoms with Gasteiger partial charge in [0.05, 0.1) is 11.0 Å². The van der Waals surface area contributed by atoms with Gasteiger partial charge >= 0.3 is 0 Å². The molecule has 25 heavy (non-hydrogen) atoms. The molecule has 6 aromatic rings. The van der Waals surface area contributed by atoms with Gasteiger partial charge in [-0.15, -0.1) is 0 Å². The molecule has 0 fully saturated rings. The van der Waals surface area contributed by atoms with E-state index in [0.29, 0.717) is 0 Å². The van der Waals surface area contributed by atoms with Crippen molar-refractivity contribution < 1.29 is 0 Å². The van der Waals surface area contributed by atoms with Gasteiger partial charge in [-0.25, -0.2) is 4.98 Å². The summed E-state index contributed by atoms with van der Waals surface area (Å²) >= 11 is 0. The van der Waals surface area contributed by atoms with Gasteiger partial charge in [0, 0.05) is 45.5 Å². The van der Waals surface area contributed by atoms with Crippen LogP contribution in [0.2, 0.25) is 0 Å². The minimum Gasteiger partial charge on any atom is -0.298 e. The van der Waals surface area contributed by atoms with Gasteiger partial charge in [-0.3, -0.25) is 9.38 Å². The first-order chi connectivity index (χ1) is 12.4. The van der Waals surface area contributed by atoms with E-state index in [2.05, 4.69) is 65.2 Å². The molecule has 0 saturated heterocycles. The van der Waals surface area contributed by atoms with Gasteiger partial charge in [0.2, 0.25) is 0 Å². The maximum Gasteiger partial charge on any atom is 0.145 e. The number of benzene rings is 2. The molecule has 3 heteroatoms. The van der Waals surface area contributed by atoms with Crippen LogP contribution in [-0.4, -0.2) is 14.4 Å². The van der Waals surface area contributed by atoms with E-state index in [9.17, 15) is 0 Å². The fourth-order valence-corrected chi connectivity index (χ4v) is 3.97. The minimum absolute atomic E-state index is 0.972. The van der Waals surface area contributed by atoms with Crippen LogP contribution in [0, 0.1) is 0 Å². The molecule has 0 radical (unpaired) electrons. The molecule has 0 unspecified atom stereocenters. The largest absolute Gasteiger partial charge is 0.298 e. The van der Waals surface area contributed by atoms with E-state index < -0.39 is 0 Å². The van der Waals surface area contributed by atoms with Gasteiger partial charge in [-0.1, -0.05) is 48.5 Å². The highest BCUT2D eigenvalue weighted by molar-refractivity contribution is 6.24. The lowest BCUT2D eigenvalue weighted by Crippen LogP contribution is -1.94. The van der Waals surface area contributed by atoms with Crippen molar-refractivity contribution in [3.8, 4) is 0 Å². The SMILES string of the molecule is c1ccc2c(c1)cnc1c2c2cccnc2n2cc3ccccc3c12. The maximum absolute atomic E-state index is 4.86. The Balaban J connectivity index is 2.07. The predicted octanol–water partition coefficient (Wildman–Crippen LogP) is 5.34. The maximum atomic E-state index is 4.86. The van der Waals surface area contributed by atoms with Crippen LogP contribution in [0.1, 0.15) is 0 Å². The van der Waals surface area contributed by atoms with Gasteiger partial charge in [-0.05, 0) is 17.5 Å². The van der Waals surface area contributed by atoms with Crippen LogP contribution in [0.5, 0.6) is 0 Å². The standard InChI is InChI=1S/C22H13N3/c1-3-8-16-14(6-1)12-24-20-19(16)18-10-5-11-23-22(18)25-13-15-7-2-4-9-17(15)21(20)25/h1-13H. The Morgan fingerprint density at radius 3 is 2.36 bits per heavy atom. The smallest absolute Gasteiger partial charge is 0.145 e. The molecule has 0 bridgehead atoms. The minimum atomic E-state index is 0.972. The molecule has 4 heterocycles. The van der Waals surface area contributed by atoms with Crippen LogP contribution >= 0.6 is 0 Å². The van der Waals surface area contributed by atoms with Gasteiger partial charge in [0.1, 0.15) is 5.65 Å². The molecule has 3 nitrogen and oxygen atoms in total. The Morgan fingerprint density at radius 2 is 1.44 bits per heavy atom. The first-order valence-corrected chi connectivity index (χ1v) is 8.36. The third-order valence-electron chi connectivity index (χ3n) is 5.03. The average molecular weight is 319 g/mol. The van der Waals surface area contributed by atoms with Crippen LogP contribution in [0.3, 0.4) is 0 Å². The Hall–Kier alpha value is -3.46. The quantitative estimate of drug-likeness (QED) is 0.354. The zero-order chi connectivity index (χ0) is 16.4. The lowest BCUT2D eigenvalue weighted by atomic mass is 10.0. The van der Waals surface area contributed by atoms with E-state index in [-0.39, 0.29) is 0 Å². The topological polar surface area (TPSA) is 30.2 Å². The van der Waals surface area contributed by atoms with Crippen molar-refractivity contribution in [3.63, 3.8) is 0 Å². The van der Waals surface area contributed by atoms with E-state index in [1.165, 1.54) is 21.5 Å². The Kier molecular flexibility index (Phi) is 2.35. The normalized spacial score (nSPS) is 12.0. The summed E-state index contributed by atoms with van der Waals surface area (Å²) in [5.74, 6) is 0. The van der Waals surface area contributed by atoms with Crippen molar-refractivity contribution in [2.24, 2.45) is 0 Å². The lowest BCUT2D eigenvalue weighted by Gasteiger charge is -2.10. The van der Waals surface area contributed by atoms with Crippen molar-refractivity contribution in [3.05, 3.63) is 79.3 Å². The molecular formula is C22H13N3. The van der Waals surface area contributed by atoms with E-state index >= 15 is 0 Å². The van der Waals surface area contributed by atoms with Gasteiger partial charge in [-0.2, -0.15) is 0 Å². The highest BCUT2D eigenvalue weighted by atomic mass is 15.0. The summed E-state index contributed by atoms with van der Waals surface area (Å²) in [5, 5.41) is 7.10. The zero-order valence-corrected chi connectivity index (χ0v) is 13.3. The first-order valence-electron chi connectivity index (χ1n) is 8.36. The van der Waals surface area contributed by atoms with Crippen molar-refractivity contribution in [2.75, 3.05) is 0 Å². The summed E-state index contributed by atoms with van der Waals surface area (Å²) in [6, 6.07) is 21.0. The van der Waals surface area contributed by atoms with Crippen molar-refractivity contribution in [1.82, 2.24) is 14.4 Å². The van der Waals surface area contributed by atoms with E-state index in [1.807, 2.05) is 18.5 Å². The number of rotatable bonds is 0. The molecule has 6 rings (SSSR count). The molecule has 116 valence electrons. The summed E-state index contributed by atoms with van der Waals surface area (Å²) in [6.07, 6.45) is 5.99. The Morgan fingerprint density at radius 1 is 0.680 bits per heavy atom. The fraction of sp³-hybridized carbons (Fsp3) is 0. The summed E-state index contributed by atoms with van der Waals surface area (Å²) in [6.45, 7) is 0. The Bertz CT molecular complexity index is 1440.